The minimum absolute atomic E-state index is 0.0740. The molecule has 4 heteroatoms. The lowest BCUT2D eigenvalue weighted by atomic mass is 10.0. The number of hydrogen-bond donors (Lipinski definition) is 1. The molecule has 2 aromatic rings. The normalized spacial score (nSPS) is 12.3. The third-order valence-electron chi connectivity index (χ3n) is 3.55. The Morgan fingerprint density at radius 1 is 1.05 bits per heavy atom. The van der Waals surface area contributed by atoms with Crippen LogP contribution in [0.4, 0.5) is 10.1 Å². The second-order valence-corrected chi connectivity index (χ2v) is 6.18. The van der Waals surface area contributed by atoms with Crippen LogP contribution in [0, 0.1) is 26.6 Å². The molecule has 1 unspecified atom stereocenters. The van der Waals surface area contributed by atoms with E-state index in [0.29, 0.717) is 10.6 Å². The highest BCUT2D eigenvalue weighted by Crippen LogP contribution is 2.35. The first-order valence-electron chi connectivity index (χ1n) is 6.79. The van der Waals surface area contributed by atoms with Crippen LogP contribution in [-0.2, 0) is 0 Å². The van der Waals surface area contributed by atoms with Crippen LogP contribution >= 0.6 is 23.2 Å². The molecule has 0 amide bonds. The van der Waals surface area contributed by atoms with E-state index in [4.69, 9.17) is 23.2 Å². The number of halogens is 3. The number of nitrogens with one attached hydrogen (secondary N) is 1. The molecule has 0 bridgehead atoms. The van der Waals surface area contributed by atoms with Gasteiger partial charge in [-0.15, -0.1) is 0 Å². The molecule has 0 aliphatic carbocycles. The van der Waals surface area contributed by atoms with Gasteiger partial charge in [-0.3, -0.25) is 0 Å². The molecule has 21 heavy (non-hydrogen) atoms. The molecule has 2 rings (SSSR count). The summed E-state index contributed by atoms with van der Waals surface area (Å²) in [5.74, 6) is -0.456. The van der Waals surface area contributed by atoms with Crippen LogP contribution in [0.5, 0.6) is 0 Å². The SMILES string of the molecule is Cc1cc(C)c(NC(C)c2c(Cl)ccc(F)c2Cl)c(C)c1. The van der Waals surface area contributed by atoms with Crippen molar-refractivity contribution in [3.63, 3.8) is 0 Å². The van der Waals surface area contributed by atoms with Crippen LogP contribution < -0.4 is 5.32 Å². The molecule has 0 aromatic heterocycles. The van der Waals surface area contributed by atoms with Gasteiger partial charge in [-0.2, -0.15) is 0 Å². The van der Waals surface area contributed by atoms with Crippen LogP contribution in [0.25, 0.3) is 0 Å². The molecular weight excluding hydrogens is 308 g/mol. The Kier molecular flexibility index (Phi) is 4.80. The highest BCUT2D eigenvalue weighted by molar-refractivity contribution is 6.36. The van der Waals surface area contributed by atoms with E-state index in [9.17, 15) is 4.39 Å². The molecule has 1 N–H and O–H groups in total. The summed E-state index contributed by atoms with van der Waals surface area (Å²) < 4.78 is 13.7. The summed E-state index contributed by atoms with van der Waals surface area (Å²) in [6.07, 6.45) is 0. The Balaban J connectivity index is 2.40. The van der Waals surface area contributed by atoms with Crippen molar-refractivity contribution >= 4 is 28.9 Å². The van der Waals surface area contributed by atoms with Crippen molar-refractivity contribution in [3.05, 3.63) is 62.4 Å². The monoisotopic (exact) mass is 325 g/mol. The molecule has 2 aromatic carbocycles. The quantitative estimate of drug-likeness (QED) is 0.659. The second kappa shape index (κ2) is 6.25. The molecule has 0 aliphatic heterocycles. The number of hydrogen-bond acceptors (Lipinski definition) is 1. The maximum Gasteiger partial charge on any atom is 0.142 e. The molecule has 112 valence electrons. The zero-order valence-corrected chi connectivity index (χ0v) is 14.0. The van der Waals surface area contributed by atoms with E-state index in [1.54, 1.807) is 0 Å². The van der Waals surface area contributed by atoms with E-state index in [0.717, 1.165) is 16.8 Å². The van der Waals surface area contributed by atoms with Crippen molar-refractivity contribution in [3.8, 4) is 0 Å². The van der Waals surface area contributed by atoms with Gasteiger partial charge in [0.25, 0.3) is 0 Å². The van der Waals surface area contributed by atoms with Gasteiger partial charge in [-0.05, 0) is 51.0 Å². The third-order valence-corrected chi connectivity index (χ3v) is 4.26. The molecule has 1 nitrogen and oxygen atoms in total. The van der Waals surface area contributed by atoms with E-state index in [-0.39, 0.29) is 11.1 Å². The minimum atomic E-state index is -0.456. The average molecular weight is 326 g/mol. The smallest absolute Gasteiger partial charge is 0.142 e. The largest absolute Gasteiger partial charge is 0.378 e. The zero-order chi connectivity index (χ0) is 15.7. The van der Waals surface area contributed by atoms with Gasteiger partial charge in [0, 0.05) is 16.3 Å². The topological polar surface area (TPSA) is 12.0 Å². The first-order valence-corrected chi connectivity index (χ1v) is 7.54. The second-order valence-electron chi connectivity index (χ2n) is 5.40. The van der Waals surface area contributed by atoms with Gasteiger partial charge in [-0.1, -0.05) is 40.9 Å². The van der Waals surface area contributed by atoms with Crippen molar-refractivity contribution < 1.29 is 4.39 Å². The standard InChI is InChI=1S/C17H18Cl2FN/c1-9-7-10(2)17(11(3)8-9)21-12(4)15-13(18)5-6-14(20)16(15)19/h5-8,12,21H,1-4H3. The fourth-order valence-corrected chi connectivity index (χ4v) is 3.33. The van der Waals surface area contributed by atoms with Gasteiger partial charge in [0.15, 0.2) is 0 Å². The highest BCUT2D eigenvalue weighted by atomic mass is 35.5. The molecule has 0 fully saturated rings. The van der Waals surface area contributed by atoms with Crippen molar-refractivity contribution in [1.29, 1.82) is 0 Å². The summed E-state index contributed by atoms with van der Waals surface area (Å²) in [6.45, 7) is 8.08. The number of benzene rings is 2. The van der Waals surface area contributed by atoms with Crippen LogP contribution in [0.2, 0.25) is 10.0 Å². The summed E-state index contributed by atoms with van der Waals surface area (Å²) in [4.78, 5) is 0. The van der Waals surface area contributed by atoms with Gasteiger partial charge < -0.3 is 5.32 Å². The van der Waals surface area contributed by atoms with Crippen LogP contribution in [0.1, 0.15) is 35.2 Å². The Bertz CT molecular complexity index is 660. The molecule has 0 saturated heterocycles. The minimum Gasteiger partial charge on any atom is -0.378 e. The Labute approximate surface area is 135 Å². The summed E-state index contributed by atoms with van der Waals surface area (Å²) in [6, 6.07) is 6.84. The Morgan fingerprint density at radius 3 is 2.19 bits per heavy atom. The van der Waals surface area contributed by atoms with Gasteiger partial charge in [0.05, 0.1) is 11.1 Å². The lowest BCUT2D eigenvalue weighted by molar-refractivity contribution is 0.624. The lowest BCUT2D eigenvalue weighted by Gasteiger charge is -2.22. The van der Waals surface area contributed by atoms with E-state index in [2.05, 4.69) is 24.4 Å². The van der Waals surface area contributed by atoms with Crippen molar-refractivity contribution in [2.45, 2.75) is 33.7 Å². The average Bonchev–Trinajstić information content (AvgIpc) is 2.38. The number of aryl methyl sites for hydroxylation is 3. The lowest BCUT2D eigenvalue weighted by Crippen LogP contribution is -2.11. The number of rotatable bonds is 3. The maximum absolute atomic E-state index is 13.7. The van der Waals surface area contributed by atoms with Crippen LogP contribution in [-0.4, -0.2) is 0 Å². The van der Waals surface area contributed by atoms with Gasteiger partial charge in [0.2, 0.25) is 0 Å². The van der Waals surface area contributed by atoms with Gasteiger partial charge in [-0.25, -0.2) is 4.39 Å². The van der Waals surface area contributed by atoms with Gasteiger partial charge in [0.1, 0.15) is 5.82 Å². The zero-order valence-electron chi connectivity index (χ0n) is 12.5. The van der Waals surface area contributed by atoms with Crippen LogP contribution in [0.3, 0.4) is 0 Å². The molecule has 0 aliphatic rings. The summed E-state index contributed by atoms with van der Waals surface area (Å²) >= 11 is 12.2. The maximum atomic E-state index is 13.7. The van der Waals surface area contributed by atoms with Crippen LogP contribution in [0.15, 0.2) is 24.3 Å². The van der Waals surface area contributed by atoms with E-state index in [1.165, 1.54) is 17.7 Å². The fraction of sp³-hybridized carbons (Fsp3) is 0.294. The Hall–Kier alpha value is -1.25. The molecule has 0 radical (unpaired) electrons. The van der Waals surface area contributed by atoms with E-state index < -0.39 is 5.82 Å². The molecule has 1 atom stereocenters. The molecule has 0 heterocycles. The van der Waals surface area contributed by atoms with Crippen molar-refractivity contribution in [1.82, 2.24) is 0 Å². The summed E-state index contributed by atoms with van der Waals surface area (Å²) in [5.41, 5.74) is 5.11. The summed E-state index contributed by atoms with van der Waals surface area (Å²) in [7, 11) is 0. The molecule has 0 spiro atoms. The van der Waals surface area contributed by atoms with E-state index >= 15 is 0 Å². The highest BCUT2D eigenvalue weighted by Gasteiger charge is 2.18. The number of anilines is 1. The van der Waals surface area contributed by atoms with Gasteiger partial charge >= 0.3 is 0 Å². The fourth-order valence-electron chi connectivity index (χ4n) is 2.64. The summed E-state index contributed by atoms with van der Waals surface area (Å²) in [5, 5.41) is 3.93. The predicted molar refractivity (Wildman–Crippen MR) is 89.1 cm³/mol. The predicted octanol–water partition coefficient (Wildman–Crippen LogP) is 6.23. The first kappa shape index (κ1) is 16.1. The Morgan fingerprint density at radius 2 is 1.62 bits per heavy atom. The third kappa shape index (κ3) is 3.33. The van der Waals surface area contributed by atoms with Crippen molar-refractivity contribution in [2.75, 3.05) is 5.32 Å². The molecular formula is C17H18Cl2FN. The van der Waals surface area contributed by atoms with E-state index in [1.807, 2.05) is 20.8 Å². The van der Waals surface area contributed by atoms with Crippen molar-refractivity contribution in [2.24, 2.45) is 0 Å². The first-order chi connectivity index (χ1) is 9.81. The molecule has 0 saturated carbocycles.